The summed E-state index contributed by atoms with van der Waals surface area (Å²) in [5.41, 5.74) is 0.465. The number of carbonyl (C=O) groups is 1. The van der Waals surface area contributed by atoms with Gasteiger partial charge in [0.15, 0.2) is 0 Å². The minimum absolute atomic E-state index is 0.261. The second kappa shape index (κ2) is 6.57. The number of hydrogen-bond acceptors (Lipinski definition) is 3. The Hall–Kier alpha value is -1.13. The molecule has 0 aliphatic carbocycles. The minimum atomic E-state index is -0.825. The maximum atomic E-state index is 10.8. The fourth-order valence-electron chi connectivity index (χ4n) is 1.53. The normalized spacial score (nSPS) is 13.7. The van der Waals surface area contributed by atoms with Crippen molar-refractivity contribution < 1.29 is 9.90 Å². The van der Waals surface area contributed by atoms with E-state index in [4.69, 9.17) is 5.11 Å². The van der Waals surface area contributed by atoms with Crippen molar-refractivity contribution in [2.24, 2.45) is 0 Å². The van der Waals surface area contributed by atoms with E-state index in [0.29, 0.717) is 18.5 Å². The van der Waals surface area contributed by atoms with Gasteiger partial charge in [0.05, 0.1) is 0 Å². The summed E-state index contributed by atoms with van der Waals surface area (Å²) in [5.74, 6) is -0.825. The molecule has 1 aromatic heterocycles. The monoisotopic (exact) mass is 253 g/mol. The van der Waals surface area contributed by atoms with Crippen molar-refractivity contribution in [1.82, 2.24) is 5.32 Å². The Balaban J connectivity index is 2.48. The Morgan fingerprint density at radius 1 is 1.59 bits per heavy atom. The van der Waals surface area contributed by atoms with Crippen LogP contribution in [0.5, 0.6) is 0 Å². The topological polar surface area (TPSA) is 49.3 Å². The zero-order chi connectivity index (χ0) is 12.8. The lowest BCUT2D eigenvalue weighted by atomic mass is 10.2. The highest BCUT2D eigenvalue weighted by Crippen LogP contribution is 2.21. The highest BCUT2D eigenvalue weighted by Gasteiger charge is 2.07. The zero-order valence-corrected chi connectivity index (χ0v) is 11.3. The quantitative estimate of drug-likeness (QED) is 0.766. The van der Waals surface area contributed by atoms with E-state index in [-0.39, 0.29) is 6.04 Å². The maximum Gasteiger partial charge on any atom is 0.331 e. The summed E-state index contributed by atoms with van der Waals surface area (Å²) >= 11 is 1.77. The van der Waals surface area contributed by atoms with Crippen LogP contribution in [0, 0.1) is 6.92 Å². The lowest BCUT2D eigenvalue weighted by molar-refractivity contribution is -0.132. The van der Waals surface area contributed by atoms with E-state index >= 15 is 0 Å². The molecule has 0 saturated heterocycles. The number of aliphatic carboxylic acids is 1. The molecular weight excluding hydrogens is 234 g/mol. The number of nitrogens with one attached hydrogen (secondary N) is 1. The molecule has 1 rings (SSSR count). The zero-order valence-electron chi connectivity index (χ0n) is 10.5. The average molecular weight is 253 g/mol. The molecule has 1 heterocycles. The van der Waals surface area contributed by atoms with Crippen molar-refractivity contribution in [2.45, 2.75) is 33.2 Å². The van der Waals surface area contributed by atoms with Crippen LogP contribution in [0.2, 0.25) is 0 Å². The van der Waals surface area contributed by atoms with Crippen LogP contribution in [0.3, 0.4) is 0 Å². The summed E-state index contributed by atoms with van der Waals surface area (Å²) in [5, 5.41) is 12.2. The third kappa shape index (κ3) is 4.32. The van der Waals surface area contributed by atoms with Gasteiger partial charge in [-0.3, -0.25) is 0 Å². The van der Waals surface area contributed by atoms with Crippen LogP contribution in [0.1, 0.15) is 36.1 Å². The van der Waals surface area contributed by atoms with E-state index in [1.807, 2.05) is 6.92 Å². The maximum absolute atomic E-state index is 10.8. The third-order valence-corrected chi connectivity index (χ3v) is 3.80. The predicted molar refractivity (Wildman–Crippen MR) is 71.5 cm³/mol. The van der Waals surface area contributed by atoms with Crippen LogP contribution >= 0.6 is 11.3 Å². The van der Waals surface area contributed by atoms with Crippen LogP contribution in [-0.4, -0.2) is 17.6 Å². The third-order valence-electron chi connectivity index (χ3n) is 2.62. The van der Waals surface area contributed by atoms with E-state index in [0.717, 1.165) is 0 Å². The number of rotatable bonds is 6. The van der Waals surface area contributed by atoms with Crippen molar-refractivity contribution >= 4 is 17.3 Å². The number of hydrogen-bond donors (Lipinski definition) is 2. The first kappa shape index (κ1) is 13.9. The van der Waals surface area contributed by atoms with E-state index in [2.05, 4.69) is 31.3 Å². The molecule has 4 heteroatoms. The number of thiophene rings is 1. The van der Waals surface area contributed by atoms with Gasteiger partial charge in [0.1, 0.15) is 0 Å². The first-order valence-electron chi connectivity index (χ1n) is 5.76. The molecule has 94 valence electrons. The van der Waals surface area contributed by atoms with Gasteiger partial charge in [-0.2, -0.15) is 0 Å². The van der Waals surface area contributed by atoms with Gasteiger partial charge >= 0.3 is 5.97 Å². The molecule has 0 spiro atoms. The molecular formula is C13H19NO2S. The summed E-state index contributed by atoms with van der Waals surface area (Å²) in [6, 6.07) is 4.47. The minimum Gasteiger partial charge on any atom is -0.478 e. The Morgan fingerprint density at radius 2 is 2.29 bits per heavy atom. The molecule has 3 nitrogen and oxygen atoms in total. The molecule has 0 aliphatic heterocycles. The highest BCUT2D eigenvalue weighted by molar-refractivity contribution is 7.12. The van der Waals surface area contributed by atoms with Crippen LogP contribution < -0.4 is 5.32 Å². The largest absolute Gasteiger partial charge is 0.478 e. The lowest BCUT2D eigenvalue weighted by Crippen LogP contribution is -2.18. The van der Waals surface area contributed by atoms with E-state index in [1.54, 1.807) is 17.4 Å². The number of carboxylic acid groups (broad SMARTS) is 1. The van der Waals surface area contributed by atoms with Crippen LogP contribution in [0.25, 0.3) is 0 Å². The molecule has 1 unspecified atom stereocenters. The van der Waals surface area contributed by atoms with Gasteiger partial charge in [0.25, 0.3) is 0 Å². The fraction of sp³-hybridized carbons (Fsp3) is 0.462. The van der Waals surface area contributed by atoms with Crippen molar-refractivity contribution in [3.63, 3.8) is 0 Å². The average Bonchev–Trinajstić information content (AvgIpc) is 2.70. The van der Waals surface area contributed by atoms with Crippen molar-refractivity contribution in [3.05, 3.63) is 33.5 Å². The van der Waals surface area contributed by atoms with Crippen LogP contribution in [0.15, 0.2) is 23.8 Å². The second-order valence-electron chi connectivity index (χ2n) is 3.97. The first-order valence-corrected chi connectivity index (χ1v) is 6.58. The van der Waals surface area contributed by atoms with E-state index < -0.39 is 5.97 Å². The second-order valence-corrected chi connectivity index (χ2v) is 5.29. The van der Waals surface area contributed by atoms with Crippen molar-refractivity contribution in [3.8, 4) is 0 Å². The van der Waals surface area contributed by atoms with Gasteiger partial charge in [-0.25, -0.2) is 4.79 Å². The molecule has 17 heavy (non-hydrogen) atoms. The predicted octanol–water partition coefficient (Wildman–Crippen LogP) is 3.13. The van der Waals surface area contributed by atoms with Crippen LogP contribution in [0.4, 0.5) is 0 Å². The molecule has 0 bridgehead atoms. The fourth-order valence-corrected chi connectivity index (χ4v) is 2.43. The molecule has 1 atom stereocenters. The summed E-state index contributed by atoms with van der Waals surface area (Å²) in [6.07, 6.45) is 2.31. The van der Waals surface area contributed by atoms with Gasteiger partial charge in [0, 0.05) is 27.9 Å². The lowest BCUT2D eigenvalue weighted by Gasteiger charge is -2.10. The Morgan fingerprint density at radius 3 is 2.76 bits per heavy atom. The van der Waals surface area contributed by atoms with Gasteiger partial charge in [-0.15, -0.1) is 11.3 Å². The summed E-state index contributed by atoms with van der Waals surface area (Å²) < 4.78 is 0. The summed E-state index contributed by atoms with van der Waals surface area (Å²) in [4.78, 5) is 13.4. The van der Waals surface area contributed by atoms with Crippen molar-refractivity contribution in [1.29, 1.82) is 0 Å². The molecule has 0 aliphatic rings. The van der Waals surface area contributed by atoms with E-state index in [1.165, 1.54) is 9.75 Å². The molecule has 0 fully saturated rings. The van der Waals surface area contributed by atoms with Gasteiger partial charge in [-0.05, 0) is 32.4 Å². The molecule has 1 aromatic rings. The Kier molecular flexibility index (Phi) is 5.38. The molecule has 0 radical (unpaired) electrons. The smallest absolute Gasteiger partial charge is 0.331 e. The standard InChI is InChI=1S/C13H19NO2S/c1-4-11(13(15)16)7-8-14-10(3)12-6-5-9(2)17-12/h5-7,10,14H,4,8H2,1-3H3,(H,15,16)/b11-7-. The molecule has 0 saturated carbocycles. The Bertz CT molecular complexity index is 409. The Labute approximate surface area is 106 Å². The van der Waals surface area contributed by atoms with Gasteiger partial charge in [-0.1, -0.05) is 13.0 Å². The van der Waals surface area contributed by atoms with Gasteiger partial charge in [0.2, 0.25) is 0 Å². The van der Waals surface area contributed by atoms with E-state index in [9.17, 15) is 4.79 Å². The molecule has 2 N–H and O–H groups in total. The first-order chi connectivity index (χ1) is 8.04. The summed E-state index contributed by atoms with van der Waals surface area (Å²) in [6.45, 7) is 6.62. The SMILES string of the molecule is CC/C(=C/CNC(C)c1ccc(C)s1)C(=O)O. The number of aryl methyl sites for hydroxylation is 1. The van der Waals surface area contributed by atoms with Crippen LogP contribution in [-0.2, 0) is 4.79 Å². The molecule has 0 aromatic carbocycles. The van der Waals surface area contributed by atoms with Crippen molar-refractivity contribution in [2.75, 3.05) is 6.54 Å². The highest BCUT2D eigenvalue weighted by atomic mass is 32.1. The molecule has 0 amide bonds. The number of carboxylic acids is 1. The summed E-state index contributed by atoms with van der Waals surface area (Å²) in [7, 11) is 0. The van der Waals surface area contributed by atoms with Gasteiger partial charge < -0.3 is 10.4 Å².